The van der Waals surface area contributed by atoms with Gasteiger partial charge in [-0.2, -0.15) is 0 Å². The van der Waals surface area contributed by atoms with Crippen LogP contribution in [0, 0.1) is 5.41 Å². The van der Waals surface area contributed by atoms with Gasteiger partial charge in [0.05, 0.1) is 18.4 Å². The number of carbonyl (C=O) groups is 2. The molecular weight excluding hydrogens is 372 g/mol. The lowest BCUT2D eigenvalue weighted by Crippen LogP contribution is -2.64. The third-order valence-corrected chi connectivity index (χ3v) is 7.26. The highest BCUT2D eigenvalue weighted by Gasteiger charge is 2.49. The molecule has 0 aliphatic carbocycles. The van der Waals surface area contributed by atoms with Gasteiger partial charge in [-0.1, -0.05) is 31.5 Å². The van der Waals surface area contributed by atoms with Gasteiger partial charge in [-0.15, -0.1) is 11.8 Å². The minimum absolute atomic E-state index is 0.0746. The van der Waals surface area contributed by atoms with Gasteiger partial charge < -0.3 is 14.9 Å². The van der Waals surface area contributed by atoms with E-state index >= 15 is 0 Å². The summed E-state index contributed by atoms with van der Waals surface area (Å²) in [4.78, 5) is 30.6. The van der Waals surface area contributed by atoms with Crippen LogP contribution in [0.1, 0.15) is 45.4 Å². The summed E-state index contributed by atoms with van der Waals surface area (Å²) in [6.45, 7) is 4.15. The first kappa shape index (κ1) is 21.2. The topological polar surface area (TPSA) is 60.9 Å². The van der Waals surface area contributed by atoms with E-state index in [0.717, 1.165) is 43.5 Å². The number of unbranched alkanes of at least 4 members (excludes halogenated alkanes) is 1. The molecule has 2 fully saturated rings. The third-order valence-electron chi connectivity index (χ3n) is 6.27. The van der Waals surface area contributed by atoms with E-state index in [1.807, 2.05) is 40.1 Å². The van der Waals surface area contributed by atoms with Crippen LogP contribution in [0.3, 0.4) is 0 Å². The molecule has 0 radical (unpaired) electrons. The van der Waals surface area contributed by atoms with Gasteiger partial charge in [0.25, 0.3) is 0 Å². The highest BCUT2D eigenvalue weighted by molar-refractivity contribution is 8.00. The Morgan fingerprint density at radius 2 is 1.96 bits per heavy atom. The van der Waals surface area contributed by atoms with Gasteiger partial charge in [0, 0.05) is 36.4 Å². The van der Waals surface area contributed by atoms with Gasteiger partial charge >= 0.3 is 0 Å². The molecule has 0 spiro atoms. The van der Waals surface area contributed by atoms with Gasteiger partial charge in [-0.25, -0.2) is 0 Å². The molecule has 0 aromatic heterocycles. The molecule has 0 unspecified atom stereocenters. The molecule has 6 heteroatoms. The second kappa shape index (κ2) is 9.79. The van der Waals surface area contributed by atoms with Crippen molar-refractivity contribution in [2.24, 2.45) is 5.41 Å². The average Bonchev–Trinajstić information content (AvgIpc) is 2.75. The van der Waals surface area contributed by atoms with Crippen LogP contribution >= 0.6 is 11.8 Å². The summed E-state index contributed by atoms with van der Waals surface area (Å²) < 4.78 is 0. The van der Waals surface area contributed by atoms with Crippen molar-refractivity contribution in [1.82, 2.24) is 9.80 Å². The van der Waals surface area contributed by atoms with Crippen LogP contribution in [-0.4, -0.2) is 64.8 Å². The van der Waals surface area contributed by atoms with Crippen LogP contribution < -0.4 is 0 Å². The number of hydrogen-bond donors (Lipinski definition) is 1. The molecule has 5 nitrogen and oxygen atoms in total. The Morgan fingerprint density at radius 1 is 1.18 bits per heavy atom. The van der Waals surface area contributed by atoms with E-state index in [0.29, 0.717) is 25.3 Å². The molecule has 3 rings (SSSR count). The standard InChI is InChI=1S/C22H32N2O3S/c1-2-3-10-20(26)23-14-12-22(17-25)11-7-13-24(19(22)15-23)21(27)16-28-18-8-5-4-6-9-18/h4-6,8-9,19,25H,2-3,7,10-17H2,1H3/t19-,22-/m0/s1. The van der Waals surface area contributed by atoms with Crippen LogP contribution in [0.2, 0.25) is 0 Å². The van der Waals surface area contributed by atoms with Gasteiger partial charge in [0.1, 0.15) is 0 Å². The number of nitrogens with zero attached hydrogens (tertiary/aromatic N) is 2. The quantitative estimate of drug-likeness (QED) is 0.709. The van der Waals surface area contributed by atoms with Crippen molar-refractivity contribution < 1.29 is 14.7 Å². The average molecular weight is 405 g/mol. The van der Waals surface area contributed by atoms with Crippen molar-refractivity contribution in [2.75, 3.05) is 32.0 Å². The molecule has 2 saturated heterocycles. The molecule has 2 amide bonds. The Hall–Kier alpha value is -1.53. The predicted molar refractivity (Wildman–Crippen MR) is 112 cm³/mol. The van der Waals surface area contributed by atoms with E-state index in [1.54, 1.807) is 11.8 Å². The molecule has 1 aromatic rings. The number of benzene rings is 1. The monoisotopic (exact) mass is 404 g/mol. The fraction of sp³-hybridized carbons (Fsp3) is 0.636. The van der Waals surface area contributed by atoms with Crippen molar-refractivity contribution in [2.45, 2.75) is 56.4 Å². The maximum Gasteiger partial charge on any atom is 0.233 e. The Bertz CT molecular complexity index is 669. The first-order chi connectivity index (χ1) is 13.6. The largest absolute Gasteiger partial charge is 0.396 e. The fourth-order valence-electron chi connectivity index (χ4n) is 4.52. The minimum Gasteiger partial charge on any atom is -0.396 e. The number of hydrogen-bond acceptors (Lipinski definition) is 4. The second-order valence-electron chi connectivity index (χ2n) is 8.02. The van der Waals surface area contributed by atoms with E-state index in [1.165, 1.54) is 0 Å². The number of rotatable bonds is 7. The summed E-state index contributed by atoms with van der Waals surface area (Å²) in [5.74, 6) is 0.690. The van der Waals surface area contributed by atoms with Crippen molar-refractivity contribution in [3.63, 3.8) is 0 Å². The van der Waals surface area contributed by atoms with Crippen LogP contribution in [0.4, 0.5) is 0 Å². The first-order valence-corrected chi connectivity index (χ1v) is 11.4. The number of carbonyl (C=O) groups excluding carboxylic acids is 2. The predicted octanol–water partition coefficient (Wildman–Crippen LogP) is 3.17. The van der Waals surface area contributed by atoms with E-state index < -0.39 is 0 Å². The Labute approximate surface area is 172 Å². The number of piperidine rings is 2. The highest BCUT2D eigenvalue weighted by Crippen LogP contribution is 2.42. The Balaban J connectivity index is 1.69. The molecule has 1 N–H and O–H groups in total. The molecule has 2 aliphatic rings. The maximum absolute atomic E-state index is 13.1. The van der Waals surface area contributed by atoms with Crippen LogP contribution in [0.25, 0.3) is 0 Å². The van der Waals surface area contributed by atoms with E-state index in [-0.39, 0.29) is 29.9 Å². The van der Waals surface area contributed by atoms with Gasteiger partial charge in [-0.3, -0.25) is 9.59 Å². The van der Waals surface area contributed by atoms with Crippen LogP contribution in [0.5, 0.6) is 0 Å². The molecule has 2 heterocycles. The lowest BCUT2D eigenvalue weighted by molar-refractivity contribution is -0.151. The zero-order valence-electron chi connectivity index (χ0n) is 16.8. The highest BCUT2D eigenvalue weighted by atomic mass is 32.2. The molecule has 0 bridgehead atoms. The van der Waals surface area contributed by atoms with Crippen LogP contribution in [0.15, 0.2) is 35.2 Å². The summed E-state index contributed by atoms with van der Waals surface area (Å²) in [6.07, 6.45) is 5.12. The van der Waals surface area contributed by atoms with E-state index in [9.17, 15) is 14.7 Å². The van der Waals surface area contributed by atoms with Crippen molar-refractivity contribution in [3.8, 4) is 0 Å². The molecule has 1 aromatic carbocycles. The molecule has 154 valence electrons. The second-order valence-corrected chi connectivity index (χ2v) is 9.07. The maximum atomic E-state index is 13.1. The SMILES string of the molecule is CCCCC(=O)N1CC[C@]2(CO)CCCN(C(=O)CSc3ccccc3)[C@H]2C1. The smallest absolute Gasteiger partial charge is 0.233 e. The Kier molecular flexibility index (Phi) is 7.41. The summed E-state index contributed by atoms with van der Waals surface area (Å²) in [7, 11) is 0. The normalized spacial score (nSPS) is 24.7. The number of aliphatic hydroxyl groups excluding tert-OH is 1. The van der Waals surface area contributed by atoms with Gasteiger partial charge in [0.2, 0.25) is 11.8 Å². The molecule has 2 atom stereocenters. The number of aliphatic hydroxyl groups is 1. The number of amides is 2. The molecule has 0 saturated carbocycles. The fourth-order valence-corrected chi connectivity index (χ4v) is 5.32. The minimum atomic E-state index is -0.257. The lowest BCUT2D eigenvalue weighted by atomic mass is 9.69. The van der Waals surface area contributed by atoms with E-state index in [2.05, 4.69) is 6.92 Å². The number of fused-ring (bicyclic) bond motifs is 1. The Morgan fingerprint density at radius 3 is 2.68 bits per heavy atom. The summed E-state index contributed by atoms with van der Waals surface area (Å²) in [6, 6.07) is 9.88. The molecule has 2 aliphatic heterocycles. The summed E-state index contributed by atoms with van der Waals surface area (Å²) in [5.41, 5.74) is -0.257. The van der Waals surface area contributed by atoms with Gasteiger partial charge in [-0.05, 0) is 37.8 Å². The zero-order chi connectivity index (χ0) is 20.0. The zero-order valence-corrected chi connectivity index (χ0v) is 17.6. The van der Waals surface area contributed by atoms with Gasteiger partial charge in [0.15, 0.2) is 0 Å². The summed E-state index contributed by atoms with van der Waals surface area (Å²) >= 11 is 1.55. The lowest BCUT2D eigenvalue weighted by Gasteiger charge is -2.54. The first-order valence-electron chi connectivity index (χ1n) is 10.5. The third kappa shape index (κ3) is 4.71. The molecular formula is C22H32N2O3S. The summed E-state index contributed by atoms with van der Waals surface area (Å²) in [5, 5.41) is 10.2. The molecule has 28 heavy (non-hydrogen) atoms. The van der Waals surface area contributed by atoms with Crippen molar-refractivity contribution >= 4 is 23.6 Å². The number of likely N-dealkylation sites (tertiary alicyclic amines) is 2. The van der Waals surface area contributed by atoms with Crippen LogP contribution in [-0.2, 0) is 9.59 Å². The van der Waals surface area contributed by atoms with Crippen molar-refractivity contribution in [1.29, 1.82) is 0 Å². The number of thioether (sulfide) groups is 1. The van der Waals surface area contributed by atoms with E-state index in [4.69, 9.17) is 0 Å². The van der Waals surface area contributed by atoms with Crippen molar-refractivity contribution in [3.05, 3.63) is 30.3 Å².